The lowest BCUT2D eigenvalue weighted by Gasteiger charge is -2.11. The zero-order valence-corrected chi connectivity index (χ0v) is 11.1. The van der Waals surface area contributed by atoms with Gasteiger partial charge in [0, 0.05) is 22.4 Å². The van der Waals surface area contributed by atoms with Crippen LogP contribution in [0.4, 0.5) is 18.9 Å². The minimum absolute atomic E-state index is 0.182. The van der Waals surface area contributed by atoms with Crippen molar-refractivity contribution >= 4 is 23.2 Å². The highest BCUT2D eigenvalue weighted by atomic mass is 19.4. The Kier molecular flexibility index (Phi) is 3.36. The van der Waals surface area contributed by atoms with Crippen LogP contribution in [-0.4, -0.2) is 12.3 Å². The smallest absolute Gasteiger partial charge is 0.405 e. The van der Waals surface area contributed by atoms with Gasteiger partial charge >= 0.3 is 6.36 Å². The molecule has 3 rings (SSSR count). The van der Waals surface area contributed by atoms with Gasteiger partial charge in [-0.2, -0.15) is 0 Å². The molecule has 0 fully saturated rings. The number of ether oxygens (including phenoxy) is 1. The highest BCUT2D eigenvalue weighted by molar-refractivity contribution is 6.35. The molecule has 1 aliphatic rings. The van der Waals surface area contributed by atoms with Crippen LogP contribution in [0.2, 0.25) is 0 Å². The zero-order valence-electron chi connectivity index (χ0n) is 11.1. The fourth-order valence-corrected chi connectivity index (χ4v) is 2.26. The van der Waals surface area contributed by atoms with Crippen molar-refractivity contribution in [2.24, 2.45) is 0 Å². The largest absolute Gasteiger partial charge is 0.573 e. The summed E-state index contributed by atoms with van der Waals surface area (Å²) in [4.78, 5) is 12.0. The van der Waals surface area contributed by atoms with E-state index in [1.54, 1.807) is 30.3 Å². The summed E-state index contributed by atoms with van der Waals surface area (Å²) in [5, 5.41) is 2.67. The number of hydrogen-bond donors (Lipinski definition) is 1. The number of fused-ring (bicyclic) bond motifs is 1. The molecule has 1 heterocycles. The van der Waals surface area contributed by atoms with Crippen LogP contribution < -0.4 is 10.1 Å². The number of carbonyl (C=O) groups excluding carboxylic acids is 1. The lowest BCUT2D eigenvalue weighted by atomic mass is 10.0. The summed E-state index contributed by atoms with van der Waals surface area (Å²) < 4.78 is 41.3. The standard InChI is InChI=1S/C16H10F3NO2/c17-16(18,19)22-14-8-4-1-5-10(14)9-12-11-6-2-3-7-13(11)20-15(12)21/h1-9H,(H,20,21). The Labute approximate surface area is 124 Å². The van der Waals surface area contributed by atoms with Gasteiger partial charge in [0.1, 0.15) is 5.75 Å². The molecule has 3 nitrogen and oxygen atoms in total. The van der Waals surface area contributed by atoms with Crippen molar-refractivity contribution in [2.45, 2.75) is 6.36 Å². The third-order valence-corrected chi connectivity index (χ3v) is 3.15. The SMILES string of the molecule is O=C1Nc2ccccc2C1=Cc1ccccc1OC(F)(F)F. The second-order valence-electron chi connectivity index (χ2n) is 4.64. The fourth-order valence-electron chi connectivity index (χ4n) is 2.26. The van der Waals surface area contributed by atoms with E-state index in [0.717, 1.165) is 0 Å². The number of halogens is 3. The van der Waals surface area contributed by atoms with Crippen molar-refractivity contribution < 1.29 is 22.7 Å². The van der Waals surface area contributed by atoms with Gasteiger partial charge in [0.05, 0.1) is 0 Å². The molecule has 0 spiro atoms. The molecule has 1 amide bonds. The molecule has 1 aliphatic heterocycles. The van der Waals surface area contributed by atoms with E-state index in [-0.39, 0.29) is 17.2 Å². The number of carbonyl (C=O) groups is 1. The third kappa shape index (κ3) is 2.81. The summed E-state index contributed by atoms with van der Waals surface area (Å²) in [5.74, 6) is -0.706. The van der Waals surface area contributed by atoms with Gasteiger partial charge in [-0.25, -0.2) is 0 Å². The number of anilines is 1. The van der Waals surface area contributed by atoms with Crippen molar-refractivity contribution in [3.63, 3.8) is 0 Å². The van der Waals surface area contributed by atoms with Crippen molar-refractivity contribution in [2.75, 3.05) is 5.32 Å². The van der Waals surface area contributed by atoms with E-state index in [4.69, 9.17) is 0 Å². The summed E-state index contributed by atoms with van der Waals surface area (Å²) in [6.07, 6.45) is -3.40. The van der Waals surface area contributed by atoms with Gasteiger partial charge in [0.15, 0.2) is 0 Å². The van der Waals surface area contributed by atoms with Crippen molar-refractivity contribution in [1.82, 2.24) is 0 Å². The van der Waals surface area contributed by atoms with E-state index in [9.17, 15) is 18.0 Å². The first-order valence-electron chi connectivity index (χ1n) is 6.41. The molecule has 0 saturated carbocycles. The average Bonchev–Trinajstić information content (AvgIpc) is 2.76. The summed E-state index contributed by atoms with van der Waals surface area (Å²) in [7, 11) is 0. The first kappa shape index (κ1) is 14.2. The third-order valence-electron chi connectivity index (χ3n) is 3.15. The van der Waals surface area contributed by atoms with Gasteiger partial charge in [-0.1, -0.05) is 36.4 Å². The minimum Gasteiger partial charge on any atom is -0.405 e. The number of rotatable bonds is 2. The molecule has 0 atom stereocenters. The topological polar surface area (TPSA) is 38.3 Å². The first-order chi connectivity index (χ1) is 10.4. The number of benzene rings is 2. The Hall–Kier alpha value is -2.76. The highest BCUT2D eigenvalue weighted by Gasteiger charge is 2.32. The molecule has 0 bridgehead atoms. The molecule has 0 radical (unpaired) electrons. The molecule has 2 aromatic carbocycles. The summed E-state index contributed by atoms with van der Waals surface area (Å²) in [6.45, 7) is 0. The van der Waals surface area contributed by atoms with Crippen LogP contribution in [0, 0.1) is 0 Å². The normalized spacial score (nSPS) is 15.6. The maximum atomic E-state index is 12.4. The highest BCUT2D eigenvalue weighted by Crippen LogP contribution is 2.35. The van der Waals surface area contributed by atoms with Crippen molar-refractivity contribution in [1.29, 1.82) is 0 Å². The maximum Gasteiger partial charge on any atom is 0.573 e. The molecule has 0 aromatic heterocycles. The molecule has 6 heteroatoms. The quantitative estimate of drug-likeness (QED) is 0.849. The van der Waals surface area contributed by atoms with Crippen LogP contribution in [0.25, 0.3) is 11.6 Å². The molecule has 22 heavy (non-hydrogen) atoms. The Balaban J connectivity index is 2.05. The molecular formula is C16H10F3NO2. The first-order valence-corrected chi connectivity index (χ1v) is 6.41. The molecule has 0 aliphatic carbocycles. The van der Waals surface area contributed by atoms with E-state index in [1.165, 1.54) is 24.3 Å². The molecule has 112 valence electrons. The van der Waals surface area contributed by atoms with Gasteiger partial charge in [0.2, 0.25) is 0 Å². The average molecular weight is 305 g/mol. The minimum atomic E-state index is -4.79. The van der Waals surface area contributed by atoms with Crippen molar-refractivity contribution in [3.05, 3.63) is 59.7 Å². The van der Waals surface area contributed by atoms with Crippen LogP contribution in [0.5, 0.6) is 5.75 Å². The van der Waals surface area contributed by atoms with Crippen LogP contribution in [0.3, 0.4) is 0 Å². The number of alkyl halides is 3. The van der Waals surface area contributed by atoms with E-state index < -0.39 is 6.36 Å². The van der Waals surface area contributed by atoms with Gasteiger partial charge < -0.3 is 10.1 Å². The summed E-state index contributed by atoms with van der Waals surface area (Å²) >= 11 is 0. The second kappa shape index (κ2) is 5.22. The zero-order chi connectivity index (χ0) is 15.7. The fraction of sp³-hybridized carbons (Fsp3) is 0.0625. The van der Waals surface area contributed by atoms with E-state index in [2.05, 4.69) is 10.1 Å². The predicted octanol–water partition coefficient (Wildman–Crippen LogP) is 4.08. The van der Waals surface area contributed by atoms with Gasteiger partial charge in [0.25, 0.3) is 5.91 Å². The molecule has 0 saturated heterocycles. The Morgan fingerprint density at radius 2 is 1.68 bits per heavy atom. The number of amides is 1. The van der Waals surface area contributed by atoms with Crippen LogP contribution >= 0.6 is 0 Å². The van der Waals surface area contributed by atoms with Gasteiger partial charge in [-0.05, 0) is 18.2 Å². The second-order valence-corrected chi connectivity index (χ2v) is 4.64. The molecule has 2 aromatic rings. The van der Waals surface area contributed by atoms with Crippen LogP contribution in [0.1, 0.15) is 11.1 Å². The maximum absolute atomic E-state index is 12.4. The number of hydrogen-bond acceptors (Lipinski definition) is 2. The molecular weight excluding hydrogens is 295 g/mol. The van der Waals surface area contributed by atoms with Crippen molar-refractivity contribution in [3.8, 4) is 5.75 Å². The van der Waals surface area contributed by atoms with E-state index >= 15 is 0 Å². The number of nitrogens with one attached hydrogen (secondary N) is 1. The molecule has 0 unspecified atom stereocenters. The molecule has 1 N–H and O–H groups in total. The van der Waals surface area contributed by atoms with Gasteiger partial charge in [-0.15, -0.1) is 13.2 Å². The summed E-state index contributed by atoms with van der Waals surface area (Å²) in [5.41, 5.74) is 1.76. The van der Waals surface area contributed by atoms with Crippen LogP contribution in [-0.2, 0) is 4.79 Å². The Bertz CT molecular complexity index is 766. The summed E-state index contributed by atoms with van der Waals surface area (Å²) in [6, 6.07) is 12.7. The van der Waals surface area contributed by atoms with E-state index in [0.29, 0.717) is 16.8 Å². The van der Waals surface area contributed by atoms with E-state index in [1.807, 2.05) is 0 Å². The predicted molar refractivity (Wildman–Crippen MR) is 76.1 cm³/mol. The Morgan fingerprint density at radius 1 is 1.00 bits per heavy atom. The lowest BCUT2D eigenvalue weighted by molar-refractivity contribution is -0.274. The van der Waals surface area contributed by atoms with Gasteiger partial charge in [-0.3, -0.25) is 4.79 Å². The Morgan fingerprint density at radius 3 is 2.45 bits per heavy atom. The monoisotopic (exact) mass is 305 g/mol. The lowest BCUT2D eigenvalue weighted by Crippen LogP contribution is -2.17. The van der Waals surface area contributed by atoms with Crippen LogP contribution in [0.15, 0.2) is 48.5 Å². The number of para-hydroxylation sites is 2.